The van der Waals surface area contributed by atoms with Gasteiger partial charge in [0, 0.05) is 48.0 Å². The highest BCUT2D eigenvalue weighted by atomic mass is 16.5. The van der Waals surface area contributed by atoms with Crippen molar-refractivity contribution < 1.29 is 9.53 Å². The molecular formula is C26H33N3O2. The summed E-state index contributed by atoms with van der Waals surface area (Å²) in [6.07, 6.45) is 7.82. The van der Waals surface area contributed by atoms with Crippen molar-refractivity contribution in [3.05, 3.63) is 65.4 Å². The average molecular weight is 420 g/mol. The molecule has 0 aliphatic carbocycles. The van der Waals surface area contributed by atoms with E-state index in [1.807, 2.05) is 24.3 Å². The molecule has 3 aromatic rings. The third-order valence-corrected chi connectivity index (χ3v) is 6.11. The minimum atomic E-state index is -0.0649. The number of carbonyl (C=O) groups is 1. The largest absolute Gasteiger partial charge is 0.379 e. The lowest BCUT2D eigenvalue weighted by molar-refractivity contribution is 0.0385. The molecule has 2 heterocycles. The Morgan fingerprint density at radius 2 is 1.87 bits per heavy atom. The number of nitrogens with one attached hydrogen (secondary N) is 2. The first kappa shape index (κ1) is 21.6. The predicted octanol–water partition coefficient (Wildman–Crippen LogP) is 5.03. The van der Waals surface area contributed by atoms with Gasteiger partial charge in [-0.3, -0.25) is 9.69 Å². The first-order valence-corrected chi connectivity index (χ1v) is 11.5. The lowest BCUT2D eigenvalue weighted by Gasteiger charge is -2.26. The monoisotopic (exact) mass is 419 g/mol. The van der Waals surface area contributed by atoms with Crippen molar-refractivity contribution in [3.8, 4) is 0 Å². The number of carbonyl (C=O) groups excluding carboxylic acids is 1. The fourth-order valence-corrected chi connectivity index (χ4v) is 4.17. The highest BCUT2D eigenvalue weighted by Gasteiger charge is 2.13. The number of hydrogen-bond acceptors (Lipinski definition) is 3. The molecule has 1 aliphatic heterocycles. The fourth-order valence-electron chi connectivity index (χ4n) is 4.17. The van der Waals surface area contributed by atoms with E-state index in [9.17, 15) is 4.79 Å². The second-order valence-electron chi connectivity index (χ2n) is 8.39. The van der Waals surface area contributed by atoms with Crippen LogP contribution >= 0.6 is 0 Å². The van der Waals surface area contributed by atoms with E-state index in [-0.39, 0.29) is 5.91 Å². The summed E-state index contributed by atoms with van der Waals surface area (Å²) < 4.78 is 5.44. The van der Waals surface area contributed by atoms with Crippen LogP contribution in [0.5, 0.6) is 0 Å². The van der Waals surface area contributed by atoms with Gasteiger partial charge in [-0.15, -0.1) is 0 Å². The maximum Gasteiger partial charge on any atom is 0.255 e. The zero-order valence-electron chi connectivity index (χ0n) is 18.5. The number of rotatable bonds is 9. The van der Waals surface area contributed by atoms with E-state index in [0.717, 1.165) is 56.9 Å². The molecule has 164 valence electrons. The number of ether oxygens (including phenoxy) is 1. The summed E-state index contributed by atoms with van der Waals surface area (Å²) in [6, 6.07) is 14.1. The Labute approximate surface area is 184 Å². The van der Waals surface area contributed by atoms with E-state index >= 15 is 0 Å². The second-order valence-corrected chi connectivity index (χ2v) is 8.39. The molecule has 5 heteroatoms. The number of fused-ring (bicyclic) bond motifs is 1. The molecule has 2 aromatic carbocycles. The number of amides is 1. The van der Waals surface area contributed by atoms with Crippen LogP contribution in [-0.2, 0) is 17.6 Å². The number of aryl methyl sites for hydroxylation is 1. The highest BCUT2D eigenvalue weighted by Crippen LogP contribution is 2.24. The van der Waals surface area contributed by atoms with Gasteiger partial charge in [-0.1, -0.05) is 31.9 Å². The standard InChI is InChI=1S/C26H33N3O2/c1-2-3-4-5-20-6-8-21(9-7-20)26(30)28-23-10-11-25-24(18-23)22(19-27-25)12-13-29-14-16-31-17-15-29/h6-11,18-19,27H,2-5,12-17H2,1H3,(H,28,30). The van der Waals surface area contributed by atoms with Gasteiger partial charge in [-0.25, -0.2) is 0 Å². The summed E-state index contributed by atoms with van der Waals surface area (Å²) in [5.41, 5.74) is 5.21. The third-order valence-electron chi connectivity index (χ3n) is 6.11. The quantitative estimate of drug-likeness (QED) is 0.479. The van der Waals surface area contributed by atoms with Crippen molar-refractivity contribution in [2.45, 2.75) is 39.0 Å². The molecule has 4 rings (SSSR count). The van der Waals surface area contributed by atoms with E-state index < -0.39 is 0 Å². The summed E-state index contributed by atoms with van der Waals surface area (Å²) in [5.74, 6) is -0.0649. The Hall–Kier alpha value is -2.63. The second kappa shape index (κ2) is 10.6. The van der Waals surface area contributed by atoms with Crippen LogP contribution in [-0.4, -0.2) is 48.6 Å². The minimum Gasteiger partial charge on any atom is -0.379 e. The SMILES string of the molecule is CCCCCc1ccc(C(=O)Nc2ccc3[nH]cc(CCN4CCOCC4)c3c2)cc1. The Morgan fingerprint density at radius 1 is 1.06 bits per heavy atom. The van der Waals surface area contributed by atoms with Crippen molar-refractivity contribution in [2.75, 3.05) is 38.2 Å². The summed E-state index contributed by atoms with van der Waals surface area (Å²) in [5, 5.41) is 4.24. The topological polar surface area (TPSA) is 57.4 Å². The molecule has 31 heavy (non-hydrogen) atoms. The first-order chi connectivity index (χ1) is 15.2. The molecule has 0 bridgehead atoms. The van der Waals surface area contributed by atoms with Crippen LogP contribution in [0.3, 0.4) is 0 Å². The molecule has 1 aromatic heterocycles. The average Bonchev–Trinajstić information content (AvgIpc) is 3.21. The molecule has 0 spiro atoms. The number of benzene rings is 2. The highest BCUT2D eigenvalue weighted by molar-refractivity contribution is 6.05. The lowest BCUT2D eigenvalue weighted by Crippen LogP contribution is -2.37. The third kappa shape index (κ3) is 5.75. The van der Waals surface area contributed by atoms with Crippen LogP contribution in [0.25, 0.3) is 10.9 Å². The van der Waals surface area contributed by atoms with Gasteiger partial charge in [-0.05, 0) is 60.7 Å². The Kier molecular flexibility index (Phi) is 7.39. The summed E-state index contributed by atoms with van der Waals surface area (Å²) in [7, 11) is 0. The van der Waals surface area contributed by atoms with Gasteiger partial charge in [0.2, 0.25) is 0 Å². The Morgan fingerprint density at radius 3 is 2.65 bits per heavy atom. The maximum atomic E-state index is 12.7. The number of morpholine rings is 1. The molecule has 1 fully saturated rings. The van der Waals surface area contributed by atoms with Crippen molar-refractivity contribution in [2.24, 2.45) is 0 Å². The van der Waals surface area contributed by atoms with E-state index in [0.29, 0.717) is 5.56 Å². The Balaban J connectivity index is 1.39. The van der Waals surface area contributed by atoms with Gasteiger partial charge in [-0.2, -0.15) is 0 Å². The van der Waals surface area contributed by atoms with Crippen LogP contribution in [0.2, 0.25) is 0 Å². The normalized spacial score (nSPS) is 14.7. The van der Waals surface area contributed by atoms with Crippen molar-refractivity contribution in [1.29, 1.82) is 0 Å². The van der Waals surface area contributed by atoms with Crippen molar-refractivity contribution in [3.63, 3.8) is 0 Å². The molecule has 0 radical (unpaired) electrons. The first-order valence-electron chi connectivity index (χ1n) is 11.5. The zero-order chi connectivity index (χ0) is 21.5. The fraction of sp³-hybridized carbons (Fsp3) is 0.423. The number of aromatic amines is 1. The number of unbranched alkanes of at least 4 members (excludes halogenated alkanes) is 2. The maximum absolute atomic E-state index is 12.7. The molecule has 0 atom stereocenters. The number of aromatic nitrogens is 1. The Bertz CT molecular complexity index is 988. The van der Waals surface area contributed by atoms with Crippen LogP contribution in [0, 0.1) is 0 Å². The van der Waals surface area contributed by atoms with Crippen LogP contribution in [0.1, 0.15) is 47.7 Å². The molecule has 0 saturated carbocycles. The molecule has 1 amide bonds. The van der Waals surface area contributed by atoms with Gasteiger partial charge in [0.25, 0.3) is 5.91 Å². The molecule has 1 aliphatic rings. The van der Waals surface area contributed by atoms with Crippen molar-refractivity contribution in [1.82, 2.24) is 9.88 Å². The van der Waals surface area contributed by atoms with Gasteiger partial charge < -0.3 is 15.0 Å². The van der Waals surface area contributed by atoms with Gasteiger partial charge in [0.1, 0.15) is 0 Å². The van der Waals surface area contributed by atoms with Crippen molar-refractivity contribution >= 4 is 22.5 Å². The smallest absolute Gasteiger partial charge is 0.255 e. The van der Waals surface area contributed by atoms with Crippen LogP contribution in [0.15, 0.2) is 48.7 Å². The van der Waals surface area contributed by atoms with Gasteiger partial charge >= 0.3 is 0 Å². The molecule has 2 N–H and O–H groups in total. The van der Waals surface area contributed by atoms with Crippen LogP contribution in [0.4, 0.5) is 5.69 Å². The van der Waals surface area contributed by atoms with E-state index in [1.54, 1.807) is 0 Å². The summed E-state index contributed by atoms with van der Waals surface area (Å²) >= 11 is 0. The van der Waals surface area contributed by atoms with Gasteiger partial charge in [0.05, 0.1) is 13.2 Å². The van der Waals surface area contributed by atoms with Crippen LogP contribution < -0.4 is 5.32 Å². The number of H-pyrrole nitrogens is 1. The number of hydrogen-bond donors (Lipinski definition) is 2. The molecule has 0 unspecified atom stereocenters. The molecule has 5 nitrogen and oxygen atoms in total. The summed E-state index contributed by atoms with van der Waals surface area (Å²) in [6.45, 7) is 6.89. The zero-order valence-corrected chi connectivity index (χ0v) is 18.5. The number of nitrogens with zero attached hydrogens (tertiary/aromatic N) is 1. The molecular weight excluding hydrogens is 386 g/mol. The molecule has 1 saturated heterocycles. The predicted molar refractivity (Wildman–Crippen MR) is 127 cm³/mol. The minimum absolute atomic E-state index is 0.0649. The van der Waals surface area contributed by atoms with E-state index in [4.69, 9.17) is 4.74 Å². The van der Waals surface area contributed by atoms with E-state index in [1.165, 1.54) is 35.8 Å². The number of anilines is 1. The van der Waals surface area contributed by atoms with E-state index in [2.05, 4.69) is 46.5 Å². The van der Waals surface area contributed by atoms with Gasteiger partial charge in [0.15, 0.2) is 0 Å². The summed E-state index contributed by atoms with van der Waals surface area (Å²) in [4.78, 5) is 18.5. The lowest BCUT2D eigenvalue weighted by atomic mass is 10.0.